The van der Waals surface area contributed by atoms with Crippen molar-refractivity contribution in [3.8, 4) is 0 Å². The molecule has 0 spiro atoms. The Balaban J connectivity index is 2.28. The summed E-state index contributed by atoms with van der Waals surface area (Å²) in [4.78, 5) is 11.8. The van der Waals surface area contributed by atoms with Gasteiger partial charge in [0.25, 0.3) is 0 Å². The first-order valence-corrected chi connectivity index (χ1v) is 5.16. The fourth-order valence-corrected chi connectivity index (χ4v) is 1.97. The fourth-order valence-electron chi connectivity index (χ4n) is 0.938. The Morgan fingerprint density at radius 3 is 2.87 bits per heavy atom. The van der Waals surface area contributed by atoms with E-state index in [4.69, 9.17) is 17.3 Å². The highest BCUT2D eigenvalue weighted by molar-refractivity contribution is 7.99. The summed E-state index contributed by atoms with van der Waals surface area (Å²) in [6.45, 7) is 0. The van der Waals surface area contributed by atoms with E-state index in [9.17, 15) is 0 Å². The molecule has 0 bridgehead atoms. The van der Waals surface area contributed by atoms with Gasteiger partial charge in [0.15, 0.2) is 5.16 Å². The lowest BCUT2D eigenvalue weighted by Crippen LogP contribution is -1.97. The first-order valence-electron chi connectivity index (χ1n) is 3.97. The first kappa shape index (κ1) is 10.2. The van der Waals surface area contributed by atoms with Gasteiger partial charge in [-0.1, -0.05) is 11.6 Å². The monoisotopic (exact) mass is 242 g/mol. The van der Waals surface area contributed by atoms with Gasteiger partial charge in [0.05, 0.1) is 0 Å². The molecule has 0 aliphatic rings. The van der Waals surface area contributed by atoms with E-state index in [0.717, 1.165) is 0 Å². The molecule has 0 saturated heterocycles. The highest BCUT2D eigenvalue weighted by Crippen LogP contribution is 2.25. The molecule has 6 nitrogen and oxygen atoms in total. The number of nitrogen functional groups attached to an aromatic ring is 1. The van der Waals surface area contributed by atoms with Crippen molar-refractivity contribution in [3.63, 3.8) is 0 Å². The van der Waals surface area contributed by atoms with Crippen LogP contribution in [0.1, 0.15) is 0 Å². The van der Waals surface area contributed by atoms with Gasteiger partial charge in [-0.3, -0.25) is 0 Å². The maximum Gasteiger partial charge on any atom is 0.222 e. The molecular formula is C7H7ClN6S. The zero-order valence-corrected chi connectivity index (χ0v) is 9.33. The predicted molar refractivity (Wildman–Crippen MR) is 56.6 cm³/mol. The zero-order chi connectivity index (χ0) is 10.8. The maximum absolute atomic E-state index is 5.74. The third kappa shape index (κ3) is 2.37. The van der Waals surface area contributed by atoms with Gasteiger partial charge in [0, 0.05) is 13.1 Å². The van der Waals surface area contributed by atoms with Gasteiger partial charge in [-0.15, -0.1) is 0 Å². The molecular weight excluding hydrogens is 236 g/mol. The quantitative estimate of drug-likeness (QED) is 0.791. The normalized spacial score (nSPS) is 10.5. The van der Waals surface area contributed by atoms with Gasteiger partial charge in [-0.2, -0.15) is 5.10 Å². The van der Waals surface area contributed by atoms with E-state index in [1.165, 1.54) is 18.1 Å². The molecule has 15 heavy (non-hydrogen) atoms. The molecule has 0 saturated carbocycles. The largest absolute Gasteiger partial charge is 0.368 e. The van der Waals surface area contributed by atoms with Crippen LogP contribution in [0.3, 0.4) is 0 Å². The van der Waals surface area contributed by atoms with E-state index in [-0.39, 0.29) is 5.95 Å². The Bertz CT molecular complexity index is 464. The van der Waals surface area contributed by atoms with Crippen LogP contribution in [-0.2, 0) is 7.05 Å². The Morgan fingerprint density at radius 2 is 2.27 bits per heavy atom. The van der Waals surface area contributed by atoms with Gasteiger partial charge in [0.1, 0.15) is 16.5 Å². The standard InChI is InChI=1S/C7H7ClN6S/c1-14-7(10-3-11-14)15-5-2-4(8)12-6(9)13-5/h2-3H,1H3,(H2,9,12,13). The molecule has 0 atom stereocenters. The molecule has 78 valence electrons. The van der Waals surface area contributed by atoms with Crippen LogP contribution in [0, 0.1) is 0 Å². The highest BCUT2D eigenvalue weighted by atomic mass is 35.5. The Labute approximate surface area is 94.9 Å². The lowest BCUT2D eigenvalue weighted by atomic mass is 10.7. The minimum absolute atomic E-state index is 0.146. The average molecular weight is 243 g/mol. The number of nitrogens with zero attached hydrogens (tertiary/aromatic N) is 5. The molecule has 0 amide bonds. The molecule has 0 aliphatic heterocycles. The molecule has 0 aliphatic carbocycles. The van der Waals surface area contributed by atoms with E-state index in [2.05, 4.69) is 20.1 Å². The molecule has 0 aromatic carbocycles. The predicted octanol–water partition coefficient (Wildman–Crippen LogP) is 0.992. The molecule has 0 radical (unpaired) electrons. The second-order valence-corrected chi connectivity index (χ2v) is 4.03. The second-order valence-electron chi connectivity index (χ2n) is 2.66. The van der Waals surface area contributed by atoms with Crippen LogP contribution >= 0.6 is 23.4 Å². The second kappa shape index (κ2) is 4.03. The fraction of sp³-hybridized carbons (Fsp3) is 0.143. The van der Waals surface area contributed by atoms with Gasteiger partial charge in [-0.05, 0) is 11.8 Å². The smallest absolute Gasteiger partial charge is 0.222 e. The number of hydrogen-bond donors (Lipinski definition) is 1. The van der Waals surface area contributed by atoms with Crippen LogP contribution in [0.5, 0.6) is 0 Å². The molecule has 0 fully saturated rings. The van der Waals surface area contributed by atoms with E-state index in [0.29, 0.717) is 15.3 Å². The number of nitrogens with two attached hydrogens (primary N) is 1. The van der Waals surface area contributed by atoms with Crippen LogP contribution in [0.2, 0.25) is 5.15 Å². The number of halogens is 1. The van der Waals surface area contributed by atoms with Crippen LogP contribution in [0.25, 0.3) is 0 Å². The third-order valence-corrected chi connectivity index (χ3v) is 2.72. The molecule has 2 aromatic heterocycles. The van der Waals surface area contributed by atoms with Crippen LogP contribution in [0.4, 0.5) is 5.95 Å². The molecule has 0 unspecified atom stereocenters. The van der Waals surface area contributed by atoms with Gasteiger partial charge >= 0.3 is 0 Å². The number of rotatable bonds is 2. The Kier molecular flexibility index (Phi) is 2.74. The molecule has 8 heteroatoms. The number of aryl methyl sites for hydroxylation is 1. The topological polar surface area (TPSA) is 82.5 Å². The summed E-state index contributed by atoms with van der Waals surface area (Å²) in [5.41, 5.74) is 5.46. The first-order chi connectivity index (χ1) is 7.15. The van der Waals surface area contributed by atoms with Gasteiger partial charge < -0.3 is 5.73 Å². The summed E-state index contributed by atoms with van der Waals surface area (Å²) in [6, 6.07) is 1.62. The summed E-state index contributed by atoms with van der Waals surface area (Å²) in [5.74, 6) is 0.146. The minimum Gasteiger partial charge on any atom is -0.368 e. The molecule has 2 N–H and O–H groups in total. The number of anilines is 1. The summed E-state index contributed by atoms with van der Waals surface area (Å²) in [6.07, 6.45) is 1.47. The lowest BCUT2D eigenvalue weighted by Gasteiger charge is -2.00. The summed E-state index contributed by atoms with van der Waals surface area (Å²) in [5, 5.41) is 5.60. The van der Waals surface area contributed by atoms with Crippen LogP contribution in [-0.4, -0.2) is 24.7 Å². The van der Waals surface area contributed by atoms with Gasteiger partial charge in [-0.25, -0.2) is 19.6 Å². The van der Waals surface area contributed by atoms with Crippen molar-refractivity contribution in [2.45, 2.75) is 10.2 Å². The van der Waals surface area contributed by atoms with Crippen LogP contribution in [0.15, 0.2) is 22.6 Å². The van der Waals surface area contributed by atoms with Gasteiger partial charge in [0.2, 0.25) is 5.95 Å². The maximum atomic E-state index is 5.74. The number of hydrogen-bond acceptors (Lipinski definition) is 6. The van der Waals surface area contributed by atoms with E-state index < -0.39 is 0 Å². The highest BCUT2D eigenvalue weighted by Gasteiger charge is 2.06. The van der Waals surface area contributed by atoms with Crippen molar-refractivity contribution >= 4 is 29.3 Å². The zero-order valence-electron chi connectivity index (χ0n) is 7.75. The SMILES string of the molecule is Cn1ncnc1Sc1cc(Cl)nc(N)n1. The van der Waals surface area contributed by atoms with Crippen molar-refractivity contribution in [2.24, 2.45) is 7.05 Å². The van der Waals surface area contributed by atoms with Crippen molar-refractivity contribution in [3.05, 3.63) is 17.5 Å². The average Bonchev–Trinajstić information content (AvgIpc) is 2.50. The Hall–Kier alpha value is -1.34. The molecule has 2 rings (SSSR count). The lowest BCUT2D eigenvalue weighted by molar-refractivity contribution is 0.684. The number of aromatic nitrogens is 5. The molecule has 2 aromatic rings. The van der Waals surface area contributed by atoms with E-state index in [1.54, 1.807) is 17.8 Å². The van der Waals surface area contributed by atoms with Crippen LogP contribution < -0.4 is 5.73 Å². The third-order valence-electron chi connectivity index (χ3n) is 1.55. The Morgan fingerprint density at radius 1 is 1.47 bits per heavy atom. The van der Waals surface area contributed by atoms with Crippen molar-refractivity contribution in [1.82, 2.24) is 24.7 Å². The summed E-state index contributed by atoms with van der Waals surface area (Å²) >= 11 is 7.07. The van der Waals surface area contributed by atoms with E-state index in [1.807, 2.05) is 0 Å². The summed E-state index contributed by atoms with van der Waals surface area (Å²) < 4.78 is 1.64. The van der Waals surface area contributed by atoms with Crippen molar-refractivity contribution < 1.29 is 0 Å². The van der Waals surface area contributed by atoms with E-state index >= 15 is 0 Å². The van der Waals surface area contributed by atoms with Crippen molar-refractivity contribution in [2.75, 3.05) is 5.73 Å². The van der Waals surface area contributed by atoms with Crippen molar-refractivity contribution in [1.29, 1.82) is 0 Å². The minimum atomic E-state index is 0.146. The summed E-state index contributed by atoms with van der Waals surface area (Å²) in [7, 11) is 1.79. The molecule has 2 heterocycles.